The predicted octanol–water partition coefficient (Wildman–Crippen LogP) is 3.82. The van der Waals surface area contributed by atoms with Crippen LogP contribution >= 0.6 is 22.9 Å². The minimum absolute atomic E-state index is 0.0999. The van der Waals surface area contributed by atoms with Gasteiger partial charge in [0.05, 0.1) is 10.9 Å². The number of rotatable bonds is 6. The number of nitrogens with one attached hydrogen (secondary N) is 1. The van der Waals surface area contributed by atoms with Crippen LogP contribution in [0.2, 0.25) is 4.34 Å². The van der Waals surface area contributed by atoms with Gasteiger partial charge in [-0.05, 0) is 36.4 Å². The molecule has 6 heteroatoms. The second-order valence-corrected chi connectivity index (χ2v) is 6.21. The average molecular weight is 326 g/mol. The standard InChI is InChI=1S/C15H13ClFNO2S/c16-14-7-5-12(21-14)9-18-15(20)8-6-13(19)10-1-3-11(17)4-2-10/h1-5,7H,6,8-9H2,(H,18,20). The molecule has 1 aromatic heterocycles. The van der Waals surface area contributed by atoms with Crippen molar-refractivity contribution in [3.05, 3.63) is 57.0 Å². The molecule has 0 saturated carbocycles. The molecular formula is C15H13ClFNO2S. The molecule has 3 nitrogen and oxygen atoms in total. The van der Waals surface area contributed by atoms with E-state index in [0.717, 1.165) is 4.88 Å². The Kier molecular flexibility index (Phi) is 5.47. The lowest BCUT2D eigenvalue weighted by Gasteiger charge is -2.03. The molecule has 21 heavy (non-hydrogen) atoms. The zero-order valence-electron chi connectivity index (χ0n) is 11.1. The van der Waals surface area contributed by atoms with Crippen molar-refractivity contribution in [1.29, 1.82) is 0 Å². The van der Waals surface area contributed by atoms with Gasteiger partial charge >= 0.3 is 0 Å². The second kappa shape index (κ2) is 7.33. The Morgan fingerprint density at radius 1 is 1.10 bits per heavy atom. The highest BCUT2D eigenvalue weighted by molar-refractivity contribution is 7.16. The Hall–Kier alpha value is -1.72. The molecule has 0 aliphatic rings. The summed E-state index contributed by atoms with van der Waals surface area (Å²) in [4.78, 5) is 24.4. The predicted molar refractivity (Wildman–Crippen MR) is 81.1 cm³/mol. The Bertz CT molecular complexity index is 639. The number of carbonyl (C=O) groups excluding carboxylic acids is 2. The van der Waals surface area contributed by atoms with E-state index in [1.165, 1.54) is 35.6 Å². The van der Waals surface area contributed by atoms with E-state index in [1.54, 1.807) is 6.07 Å². The van der Waals surface area contributed by atoms with Crippen LogP contribution in [0.4, 0.5) is 4.39 Å². The van der Waals surface area contributed by atoms with Gasteiger partial charge in [0, 0.05) is 23.3 Å². The summed E-state index contributed by atoms with van der Waals surface area (Å²) < 4.78 is 13.4. The number of carbonyl (C=O) groups is 2. The molecule has 2 rings (SSSR count). The van der Waals surface area contributed by atoms with Crippen molar-refractivity contribution >= 4 is 34.6 Å². The molecule has 0 radical (unpaired) electrons. The van der Waals surface area contributed by atoms with Crippen LogP contribution in [0, 0.1) is 5.82 Å². The summed E-state index contributed by atoms with van der Waals surface area (Å²) in [5.74, 6) is -0.766. The van der Waals surface area contributed by atoms with E-state index in [0.29, 0.717) is 16.4 Å². The van der Waals surface area contributed by atoms with Gasteiger partial charge in [0.2, 0.25) is 5.91 Å². The van der Waals surface area contributed by atoms with Gasteiger partial charge in [-0.25, -0.2) is 4.39 Å². The normalized spacial score (nSPS) is 10.4. The van der Waals surface area contributed by atoms with Gasteiger partial charge in [0.15, 0.2) is 5.78 Å². The molecule has 110 valence electrons. The summed E-state index contributed by atoms with van der Waals surface area (Å²) in [6.07, 6.45) is 0.206. The molecule has 0 atom stereocenters. The van der Waals surface area contributed by atoms with Gasteiger partial charge in [0.1, 0.15) is 5.82 Å². The number of Topliss-reactive ketones (excluding diaryl/α,β-unsaturated/α-hetero) is 1. The monoisotopic (exact) mass is 325 g/mol. The third kappa shape index (κ3) is 4.95. The van der Waals surface area contributed by atoms with Crippen LogP contribution < -0.4 is 5.32 Å². The first-order valence-electron chi connectivity index (χ1n) is 6.34. The summed E-state index contributed by atoms with van der Waals surface area (Å²) in [5.41, 5.74) is 0.411. The summed E-state index contributed by atoms with van der Waals surface area (Å²) in [7, 11) is 0. The molecule has 0 aliphatic carbocycles. The fourth-order valence-corrected chi connectivity index (χ4v) is 2.76. The van der Waals surface area contributed by atoms with Crippen LogP contribution in [0.3, 0.4) is 0 Å². The minimum Gasteiger partial charge on any atom is -0.351 e. The van der Waals surface area contributed by atoms with Crippen molar-refractivity contribution in [3.63, 3.8) is 0 Å². The van der Waals surface area contributed by atoms with Crippen molar-refractivity contribution in [2.45, 2.75) is 19.4 Å². The number of thiophene rings is 1. The van der Waals surface area contributed by atoms with Crippen LogP contribution in [-0.2, 0) is 11.3 Å². The van der Waals surface area contributed by atoms with Crippen LogP contribution in [0.5, 0.6) is 0 Å². The lowest BCUT2D eigenvalue weighted by molar-refractivity contribution is -0.121. The number of halogens is 2. The van der Waals surface area contributed by atoms with E-state index in [9.17, 15) is 14.0 Å². The van der Waals surface area contributed by atoms with Crippen molar-refractivity contribution in [2.24, 2.45) is 0 Å². The number of amides is 1. The quantitative estimate of drug-likeness (QED) is 0.821. The number of benzene rings is 1. The van der Waals surface area contributed by atoms with E-state index >= 15 is 0 Å². The van der Waals surface area contributed by atoms with Crippen LogP contribution in [0.25, 0.3) is 0 Å². The largest absolute Gasteiger partial charge is 0.351 e. The molecule has 0 saturated heterocycles. The zero-order chi connectivity index (χ0) is 15.2. The molecule has 1 N–H and O–H groups in total. The Balaban J connectivity index is 1.75. The molecule has 1 aromatic carbocycles. The highest BCUT2D eigenvalue weighted by Gasteiger charge is 2.09. The molecule has 0 unspecified atom stereocenters. The number of hydrogen-bond donors (Lipinski definition) is 1. The van der Waals surface area contributed by atoms with Crippen molar-refractivity contribution in [1.82, 2.24) is 5.32 Å². The second-order valence-electron chi connectivity index (χ2n) is 4.41. The van der Waals surface area contributed by atoms with Crippen LogP contribution in [0.1, 0.15) is 28.1 Å². The van der Waals surface area contributed by atoms with Gasteiger partial charge in [-0.1, -0.05) is 11.6 Å². The van der Waals surface area contributed by atoms with E-state index in [1.807, 2.05) is 6.07 Å². The Labute approximate surface area is 130 Å². The van der Waals surface area contributed by atoms with E-state index in [2.05, 4.69) is 5.32 Å². The average Bonchev–Trinajstić information content (AvgIpc) is 2.89. The smallest absolute Gasteiger partial charge is 0.220 e. The van der Waals surface area contributed by atoms with E-state index in [-0.39, 0.29) is 30.3 Å². The van der Waals surface area contributed by atoms with Gasteiger partial charge in [-0.2, -0.15) is 0 Å². The lowest BCUT2D eigenvalue weighted by Crippen LogP contribution is -2.22. The fourth-order valence-electron chi connectivity index (χ4n) is 1.73. The maximum atomic E-state index is 12.7. The van der Waals surface area contributed by atoms with Gasteiger partial charge in [-0.15, -0.1) is 11.3 Å². The van der Waals surface area contributed by atoms with E-state index < -0.39 is 0 Å². The zero-order valence-corrected chi connectivity index (χ0v) is 12.6. The molecule has 1 amide bonds. The van der Waals surface area contributed by atoms with Gasteiger partial charge in [0.25, 0.3) is 0 Å². The van der Waals surface area contributed by atoms with Crippen molar-refractivity contribution in [2.75, 3.05) is 0 Å². The Morgan fingerprint density at radius 2 is 1.81 bits per heavy atom. The molecule has 0 fully saturated rings. The molecule has 0 spiro atoms. The Morgan fingerprint density at radius 3 is 2.43 bits per heavy atom. The highest BCUT2D eigenvalue weighted by Crippen LogP contribution is 2.21. The fraction of sp³-hybridized carbons (Fsp3) is 0.200. The highest BCUT2D eigenvalue weighted by atomic mass is 35.5. The first kappa shape index (κ1) is 15.7. The van der Waals surface area contributed by atoms with Crippen molar-refractivity contribution in [3.8, 4) is 0 Å². The first-order chi connectivity index (χ1) is 10.0. The lowest BCUT2D eigenvalue weighted by atomic mass is 10.1. The SMILES string of the molecule is O=C(CCC(=O)c1ccc(F)cc1)NCc1ccc(Cl)s1. The summed E-state index contributed by atoms with van der Waals surface area (Å²) in [6, 6.07) is 8.91. The number of hydrogen-bond acceptors (Lipinski definition) is 3. The van der Waals surface area contributed by atoms with Crippen LogP contribution in [-0.4, -0.2) is 11.7 Å². The van der Waals surface area contributed by atoms with Gasteiger partial charge in [-0.3, -0.25) is 9.59 Å². The maximum absolute atomic E-state index is 12.7. The van der Waals surface area contributed by atoms with Crippen LogP contribution in [0.15, 0.2) is 36.4 Å². The summed E-state index contributed by atoms with van der Waals surface area (Å²) in [6.45, 7) is 0.404. The minimum atomic E-state index is -0.390. The molecule has 0 aliphatic heterocycles. The maximum Gasteiger partial charge on any atom is 0.220 e. The third-order valence-corrected chi connectivity index (χ3v) is 4.07. The summed E-state index contributed by atoms with van der Waals surface area (Å²) in [5, 5.41) is 2.73. The number of ketones is 1. The van der Waals surface area contributed by atoms with Crippen molar-refractivity contribution < 1.29 is 14.0 Å². The molecular weight excluding hydrogens is 313 g/mol. The summed E-state index contributed by atoms with van der Waals surface area (Å²) >= 11 is 7.19. The third-order valence-electron chi connectivity index (χ3n) is 2.83. The van der Waals surface area contributed by atoms with E-state index in [4.69, 9.17) is 11.6 Å². The van der Waals surface area contributed by atoms with Gasteiger partial charge < -0.3 is 5.32 Å². The topological polar surface area (TPSA) is 46.2 Å². The molecule has 0 bridgehead atoms. The first-order valence-corrected chi connectivity index (χ1v) is 7.54. The molecule has 1 heterocycles. The molecule has 2 aromatic rings.